The minimum Gasteiger partial charge on any atom is -0.504 e. The molecule has 3 aromatic heterocycles. The number of anilines is 2. The van der Waals surface area contributed by atoms with Gasteiger partial charge in [-0.25, -0.2) is 14.4 Å². The summed E-state index contributed by atoms with van der Waals surface area (Å²) in [6, 6.07) is 2.88. The summed E-state index contributed by atoms with van der Waals surface area (Å²) in [5, 5.41) is 12.6. The number of fused-ring (bicyclic) bond motifs is 1. The number of aromatic nitrogens is 4. The first-order valence-electron chi connectivity index (χ1n) is 12.3. The lowest BCUT2D eigenvalue weighted by Crippen LogP contribution is -2.57. The lowest BCUT2D eigenvalue weighted by molar-refractivity contribution is -0.116. The molecule has 0 atom stereocenters. The van der Waals surface area contributed by atoms with E-state index in [1.165, 1.54) is 30.3 Å². The molecule has 1 aromatic carbocycles. The first kappa shape index (κ1) is 28.0. The van der Waals surface area contributed by atoms with Crippen LogP contribution in [0.4, 0.5) is 20.3 Å². The Bertz CT molecular complexity index is 1780. The molecule has 15 heteroatoms. The highest BCUT2D eigenvalue weighted by molar-refractivity contribution is 6.33. The second-order valence-corrected chi connectivity index (χ2v) is 10.3. The summed E-state index contributed by atoms with van der Waals surface area (Å²) in [5.41, 5.74) is 3.56. The van der Waals surface area contributed by atoms with Crippen LogP contribution in [0.5, 0.6) is 5.75 Å². The van der Waals surface area contributed by atoms with Crippen LogP contribution in [0.15, 0.2) is 35.6 Å². The van der Waals surface area contributed by atoms with Gasteiger partial charge in [-0.05, 0) is 20.2 Å². The number of halogens is 3. The third-order valence-corrected chi connectivity index (χ3v) is 7.32. The van der Waals surface area contributed by atoms with Crippen LogP contribution in [-0.4, -0.2) is 74.1 Å². The van der Waals surface area contributed by atoms with Crippen molar-refractivity contribution in [3.63, 3.8) is 0 Å². The number of hydrogen-bond acceptors (Lipinski definition) is 8. The van der Waals surface area contributed by atoms with E-state index in [-0.39, 0.29) is 28.2 Å². The number of amides is 2. The van der Waals surface area contributed by atoms with Crippen molar-refractivity contribution < 1.29 is 23.5 Å². The number of carbonyl (C=O) groups excluding carboxylic acids is 2. The van der Waals surface area contributed by atoms with E-state index in [0.717, 1.165) is 23.7 Å². The fourth-order valence-electron chi connectivity index (χ4n) is 4.60. The minimum absolute atomic E-state index is 0.00331. The molecule has 41 heavy (non-hydrogen) atoms. The number of nitrogens with zero attached hydrogens (tertiary/aromatic N) is 6. The van der Waals surface area contributed by atoms with Crippen molar-refractivity contribution in [3.8, 4) is 16.9 Å². The summed E-state index contributed by atoms with van der Waals surface area (Å²) in [6.45, 7) is 1.14. The first-order chi connectivity index (χ1) is 19.4. The van der Waals surface area contributed by atoms with Gasteiger partial charge >= 0.3 is 0 Å². The van der Waals surface area contributed by atoms with Gasteiger partial charge in [-0.1, -0.05) is 11.6 Å². The highest BCUT2D eigenvalue weighted by Gasteiger charge is 2.30. The molecule has 12 nitrogen and oxygen atoms in total. The number of likely N-dealkylation sites (N-methyl/N-ethyl adjacent to an activating group) is 1. The number of nitrogens with one attached hydrogen (secondary N) is 1. The second-order valence-electron chi connectivity index (χ2n) is 9.94. The number of hydrogen-bond donors (Lipinski definition) is 3. The van der Waals surface area contributed by atoms with Gasteiger partial charge in [0, 0.05) is 49.6 Å². The van der Waals surface area contributed by atoms with Crippen molar-refractivity contribution in [3.05, 3.63) is 63.4 Å². The molecule has 0 bridgehead atoms. The standard InChI is InChI=1S/C26H25ClF2N8O4/c1-34(2)12-7-36(8-12)18-5-17(16(27)6-31-18)33-19(38)10-37-9-15(20-25(37)32-11-35(3)26(20)41)13-4-14(24(30)40)23(39)22(29)21(13)28/h4-6,9,11-12,39H,7-8,10H2,1-3H3,(H2,30,40)(H,31,33,38). The molecule has 0 aliphatic carbocycles. The topological polar surface area (TPSA) is 152 Å². The van der Waals surface area contributed by atoms with Gasteiger partial charge in [0.2, 0.25) is 11.7 Å². The number of primary amides is 1. The van der Waals surface area contributed by atoms with E-state index in [4.69, 9.17) is 17.3 Å². The van der Waals surface area contributed by atoms with Crippen LogP contribution < -0.4 is 21.5 Å². The molecule has 1 fully saturated rings. The number of pyridine rings is 1. The van der Waals surface area contributed by atoms with Crippen molar-refractivity contribution >= 4 is 46.0 Å². The molecule has 214 valence electrons. The molecule has 0 unspecified atom stereocenters. The minimum atomic E-state index is -1.71. The van der Waals surface area contributed by atoms with Gasteiger partial charge in [-0.3, -0.25) is 14.4 Å². The monoisotopic (exact) mass is 586 g/mol. The molecule has 4 N–H and O–H groups in total. The highest BCUT2D eigenvalue weighted by Crippen LogP contribution is 2.36. The van der Waals surface area contributed by atoms with E-state index in [0.29, 0.717) is 17.5 Å². The third kappa shape index (κ3) is 4.95. The maximum atomic E-state index is 15.0. The quantitative estimate of drug-likeness (QED) is 0.297. The Morgan fingerprint density at radius 1 is 1.20 bits per heavy atom. The molecule has 4 aromatic rings. The van der Waals surface area contributed by atoms with Crippen LogP contribution in [0, 0.1) is 11.6 Å². The van der Waals surface area contributed by atoms with Gasteiger partial charge < -0.3 is 35.1 Å². The fourth-order valence-corrected chi connectivity index (χ4v) is 4.75. The Balaban J connectivity index is 1.50. The summed E-state index contributed by atoms with van der Waals surface area (Å²) in [7, 11) is 5.40. The van der Waals surface area contributed by atoms with E-state index in [1.54, 1.807) is 6.07 Å². The first-order valence-corrected chi connectivity index (χ1v) is 12.7. The Labute approximate surface area is 236 Å². The molecule has 2 amide bonds. The summed E-state index contributed by atoms with van der Waals surface area (Å²) in [4.78, 5) is 50.6. The summed E-state index contributed by atoms with van der Waals surface area (Å²) in [5.74, 6) is -5.60. The van der Waals surface area contributed by atoms with Gasteiger partial charge in [0.25, 0.3) is 11.5 Å². The van der Waals surface area contributed by atoms with E-state index >= 15 is 4.39 Å². The van der Waals surface area contributed by atoms with Crippen molar-refractivity contribution in [2.75, 3.05) is 37.4 Å². The summed E-state index contributed by atoms with van der Waals surface area (Å²) < 4.78 is 32.0. The predicted molar refractivity (Wildman–Crippen MR) is 148 cm³/mol. The Hall–Kier alpha value is -4.56. The number of benzene rings is 1. The SMILES string of the molecule is CN(C)C1CN(c2cc(NC(=O)Cn3cc(-c4cc(C(N)=O)c(O)c(F)c4F)c4c(=O)n(C)cnc43)c(Cl)cn2)C1. The smallest absolute Gasteiger partial charge is 0.263 e. The average molecular weight is 587 g/mol. The zero-order chi connectivity index (χ0) is 29.7. The highest BCUT2D eigenvalue weighted by atomic mass is 35.5. The van der Waals surface area contributed by atoms with E-state index in [9.17, 15) is 23.9 Å². The molecular formula is C26H25ClF2N8O4. The molecule has 1 saturated heterocycles. The molecule has 1 aliphatic rings. The lowest BCUT2D eigenvalue weighted by atomic mass is 10.0. The third-order valence-electron chi connectivity index (χ3n) is 7.02. The molecule has 5 rings (SSSR count). The van der Waals surface area contributed by atoms with Crippen molar-refractivity contribution in [1.29, 1.82) is 0 Å². The van der Waals surface area contributed by atoms with Crippen LogP contribution in [0.1, 0.15) is 10.4 Å². The van der Waals surface area contributed by atoms with Crippen molar-refractivity contribution in [2.24, 2.45) is 12.8 Å². The average Bonchev–Trinajstić information content (AvgIpc) is 3.23. The van der Waals surface area contributed by atoms with E-state index < -0.39 is 45.9 Å². The van der Waals surface area contributed by atoms with Crippen molar-refractivity contribution in [1.82, 2.24) is 24.0 Å². The van der Waals surface area contributed by atoms with Gasteiger partial charge in [-0.2, -0.15) is 4.39 Å². The summed E-state index contributed by atoms with van der Waals surface area (Å²) in [6.07, 6.45) is 3.88. The number of aromatic hydroxyl groups is 1. The van der Waals surface area contributed by atoms with Crippen LogP contribution in [-0.2, 0) is 18.4 Å². The van der Waals surface area contributed by atoms with Gasteiger partial charge in [0.05, 0.1) is 34.2 Å². The van der Waals surface area contributed by atoms with Gasteiger partial charge in [-0.15, -0.1) is 0 Å². The zero-order valence-corrected chi connectivity index (χ0v) is 22.9. The van der Waals surface area contributed by atoms with Gasteiger partial charge in [0.1, 0.15) is 18.0 Å². The molecule has 0 saturated carbocycles. The number of rotatable bonds is 7. The fraction of sp³-hybridized carbons (Fsp3) is 0.269. The largest absolute Gasteiger partial charge is 0.504 e. The number of carbonyl (C=O) groups is 2. The number of phenols is 1. The second kappa shape index (κ2) is 10.4. The lowest BCUT2D eigenvalue weighted by Gasteiger charge is -2.43. The number of nitrogens with two attached hydrogens (primary N) is 1. The Kier molecular flexibility index (Phi) is 7.13. The predicted octanol–water partition coefficient (Wildman–Crippen LogP) is 1.92. The molecule has 4 heterocycles. The molecule has 0 radical (unpaired) electrons. The maximum Gasteiger partial charge on any atom is 0.263 e. The van der Waals surface area contributed by atoms with Crippen molar-refractivity contribution in [2.45, 2.75) is 12.6 Å². The molecule has 0 spiro atoms. The normalized spacial score (nSPS) is 13.6. The number of aryl methyl sites for hydroxylation is 1. The Morgan fingerprint density at radius 3 is 2.56 bits per heavy atom. The summed E-state index contributed by atoms with van der Waals surface area (Å²) >= 11 is 6.29. The molecule has 1 aliphatic heterocycles. The van der Waals surface area contributed by atoms with Crippen LogP contribution in [0.3, 0.4) is 0 Å². The van der Waals surface area contributed by atoms with Gasteiger partial charge in [0.15, 0.2) is 11.6 Å². The van der Waals surface area contributed by atoms with Crippen LogP contribution in [0.25, 0.3) is 22.2 Å². The van der Waals surface area contributed by atoms with E-state index in [1.807, 2.05) is 19.0 Å². The van der Waals surface area contributed by atoms with Crippen LogP contribution in [0.2, 0.25) is 5.02 Å². The Morgan fingerprint density at radius 2 is 1.90 bits per heavy atom. The maximum absolute atomic E-state index is 15.0. The molecular weight excluding hydrogens is 562 g/mol. The van der Waals surface area contributed by atoms with Crippen LogP contribution >= 0.6 is 11.6 Å². The zero-order valence-electron chi connectivity index (χ0n) is 22.2. The van der Waals surface area contributed by atoms with E-state index in [2.05, 4.69) is 20.2 Å².